The number of piperazine rings is 1. The maximum Gasteiger partial charge on any atom is 0.327 e. The molecule has 1 aromatic rings. The minimum absolute atomic E-state index is 0.246. The van der Waals surface area contributed by atoms with Crippen molar-refractivity contribution in [2.45, 2.75) is 13.0 Å². The van der Waals surface area contributed by atoms with E-state index in [0.717, 1.165) is 5.01 Å². The molecule has 0 saturated carbocycles. The van der Waals surface area contributed by atoms with Gasteiger partial charge in [0.1, 0.15) is 10.9 Å². The molecule has 6 nitrogen and oxygen atoms in total. The average Bonchev–Trinajstić information content (AvgIpc) is 2.75. The molecule has 1 aromatic heterocycles. The maximum atomic E-state index is 12.1. The number of aromatic nitrogens is 1. The highest BCUT2D eigenvalue weighted by molar-refractivity contribution is 7.13. The fourth-order valence-corrected chi connectivity index (χ4v) is 2.50. The zero-order chi connectivity index (χ0) is 12.4. The summed E-state index contributed by atoms with van der Waals surface area (Å²) in [7, 11) is 0. The van der Waals surface area contributed by atoms with Crippen LogP contribution in [-0.2, 0) is 4.79 Å². The molecule has 1 atom stereocenters. The SMILES string of the molecule is Cc1ncc(C(=O)N2CCNCC2C(=O)O)s1. The maximum absolute atomic E-state index is 12.1. The average molecular weight is 255 g/mol. The molecule has 0 aromatic carbocycles. The number of carboxylic acids is 1. The molecule has 0 radical (unpaired) electrons. The van der Waals surface area contributed by atoms with Gasteiger partial charge in [0.05, 0.1) is 11.2 Å². The molecule has 0 bridgehead atoms. The summed E-state index contributed by atoms with van der Waals surface area (Å²) < 4.78 is 0. The number of carboxylic acid groups (broad SMARTS) is 1. The Bertz CT molecular complexity index is 446. The van der Waals surface area contributed by atoms with Gasteiger partial charge >= 0.3 is 5.97 Å². The molecule has 2 rings (SSSR count). The van der Waals surface area contributed by atoms with E-state index in [9.17, 15) is 9.59 Å². The van der Waals surface area contributed by atoms with Gasteiger partial charge in [0.2, 0.25) is 0 Å². The van der Waals surface area contributed by atoms with Gasteiger partial charge in [0, 0.05) is 19.6 Å². The molecule has 1 saturated heterocycles. The fraction of sp³-hybridized carbons (Fsp3) is 0.500. The second-order valence-corrected chi connectivity index (χ2v) is 5.04. The molecule has 7 heteroatoms. The highest BCUT2D eigenvalue weighted by atomic mass is 32.1. The third-order valence-electron chi connectivity index (χ3n) is 2.62. The number of aliphatic carboxylic acids is 1. The predicted octanol–water partition coefficient (Wildman–Crippen LogP) is -0.0499. The topological polar surface area (TPSA) is 82.5 Å². The van der Waals surface area contributed by atoms with E-state index >= 15 is 0 Å². The summed E-state index contributed by atoms with van der Waals surface area (Å²) in [6.45, 7) is 3.13. The number of aryl methyl sites for hydroxylation is 1. The number of rotatable bonds is 2. The van der Waals surface area contributed by atoms with Crippen LogP contribution in [0, 0.1) is 6.92 Å². The van der Waals surface area contributed by atoms with Crippen LogP contribution < -0.4 is 5.32 Å². The molecule has 1 amide bonds. The van der Waals surface area contributed by atoms with Crippen molar-refractivity contribution >= 4 is 23.2 Å². The molecule has 0 aliphatic carbocycles. The van der Waals surface area contributed by atoms with E-state index in [1.807, 2.05) is 6.92 Å². The first-order valence-corrected chi connectivity index (χ1v) is 6.08. The first-order valence-electron chi connectivity index (χ1n) is 5.26. The molecular weight excluding hydrogens is 242 g/mol. The summed E-state index contributed by atoms with van der Waals surface area (Å²) in [6, 6.07) is -0.793. The Morgan fingerprint density at radius 1 is 1.65 bits per heavy atom. The zero-order valence-corrected chi connectivity index (χ0v) is 10.2. The van der Waals surface area contributed by atoms with Crippen molar-refractivity contribution < 1.29 is 14.7 Å². The summed E-state index contributed by atoms with van der Waals surface area (Å²) in [5, 5.41) is 12.8. The molecule has 92 valence electrons. The van der Waals surface area contributed by atoms with Crippen molar-refractivity contribution in [2.75, 3.05) is 19.6 Å². The molecule has 2 heterocycles. The minimum Gasteiger partial charge on any atom is -0.480 e. The lowest BCUT2D eigenvalue weighted by Crippen LogP contribution is -2.56. The van der Waals surface area contributed by atoms with Gasteiger partial charge in [-0.05, 0) is 6.92 Å². The third kappa shape index (κ3) is 2.45. The monoisotopic (exact) mass is 255 g/mol. The zero-order valence-electron chi connectivity index (χ0n) is 9.34. The van der Waals surface area contributed by atoms with Gasteiger partial charge in [0.25, 0.3) is 5.91 Å². The molecule has 2 N–H and O–H groups in total. The Morgan fingerprint density at radius 3 is 3.00 bits per heavy atom. The predicted molar refractivity (Wildman–Crippen MR) is 62.2 cm³/mol. The second-order valence-electron chi connectivity index (χ2n) is 3.80. The van der Waals surface area contributed by atoms with Crippen LogP contribution in [0.4, 0.5) is 0 Å². The van der Waals surface area contributed by atoms with Crippen molar-refractivity contribution in [2.24, 2.45) is 0 Å². The lowest BCUT2D eigenvalue weighted by molar-refractivity contribution is -0.142. The van der Waals surface area contributed by atoms with Crippen molar-refractivity contribution in [3.05, 3.63) is 16.1 Å². The van der Waals surface area contributed by atoms with Crippen LogP contribution in [-0.4, -0.2) is 52.5 Å². The number of nitrogens with one attached hydrogen (secondary N) is 1. The van der Waals surface area contributed by atoms with Crippen molar-refractivity contribution in [1.82, 2.24) is 15.2 Å². The van der Waals surface area contributed by atoms with Crippen molar-refractivity contribution in [3.63, 3.8) is 0 Å². The van der Waals surface area contributed by atoms with E-state index in [4.69, 9.17) is 5.11 Å². The number of hydrogen-bond donors (Lipinski definition) is 2. The summed E-state index contributed by atoms with van der Waals surface area (Å²) >= 11 is 1.29. The van der Waals surface area contributed by atoms with Crippen molar-refractivity contribution in [1.29, 1.82) is 0 Å². The lowest BCUT2D eigenvalue weighted by Gasteiger charge is -2.33. The number of thiazole rings is 1. The van der Waals surface area contributed by atoms with E-state index in [1.54, 1.807) is 0 Å². The molecule has 0 spiro atoms. The molecule has 1 unspecified atom stereocenters. The first kappa shape index (κ1) is 12.0. The Hall–Kier alpha value is -1.47. The Morgan fingerprint density at radius 2 is 2.41 bits per heavy atom. The van der Waals surface area contributed by atoms with Gasteiger partial charge < -0.3 is 15.3 Å². The van der Waals surface area contributed by atoms with Crippen LogP contribution in [0.5, 0.6) is 0 Å². The fourth-order valence-electron chi connectivity index (χ4n) is 1.77. The van der Waals surface area contributed by atoms with Crippen LogP contribution in [0.15, 0.2) is 6.20 Å². The standard InChI is InChI=1S/C10H13N3O3S/c1-6-12-5-8(17-6)9(14)13-3-2-11-4-7(13)10(15)16/h5,7,11H,2-4H2,1H3,(H,15,16). The summed E-state index contributed by atoms with van der Waals surface area (Å²) in [6.07, 6.45) is 1.50. The molecule has 1 aliphatic heterocycles. The lowest BCUT2D eigenvalue weighted by atomic mass is 10.2. The normalized spacial score (nSPS) is 20.3. The third-order valence-corrected chi connectivity index (χ3v) is 3.52. The molecule has 1 fully saturated rings. The van der Waals surface area contributed by atoms with Crippen molar-refractivity contribution in [3.8, 4) is 0 Å². The summed E-state index contributed by atoms with van der Waals surface area (Å²) in [5.74, 6) is -1.23. The van der Waals surface area contributed by atoms with Crippen LogP contribution >= 0.6 is 11.3 Å². The summed E-state index contributed by atoms with van der Waals surface area (Å²) in [5.41, 5.74) is 0. The highest BCUT2D eigenvalue weighted by Gasteiger charge is 2.33. The van der Waals surface area contributed by atoms with Gasteiger partial charge in [-0.15, -0.1) is 11.3 Å². The number of nitrogens with zero attached hydrogens (tertiary/aromatic N) is 2. The van der Waals surface area contributed by atoms with Gasteiger partial charge in [-0.1, -0.05) is 0 Å². The highest BCUT2D eigenvalue weighted by Crippen LogP contribution is 2.16. The van der Waals surface area contributed by atoms with Crippen LogP contribution in [0.1, 0.15) is 14.7 Å². The number of hydrogen-bond acceptors (Lipinski definition) is 5. The van der Waals surface area contributed by atoms with Crippen LogP contribution in [0.3, 0.4) is 0 Å². The van der Waals surface area contributed by atoms with Gasteiger partial charge in [0.15, 0.2) is 0 Å². The van der Waals surface area contributed by atoms with E-state index in [-0.39, 0.29) is 5.91 Å². The minimum atomic E-state index is -0.980. The van der Waals surface area contributed by atoms with E-state index < -0.39 is 12.0 Å². The van der Waals surface area contributed by atoms with E-state index in [1.165, 1.54) is 22.4 Å². The molecule has 17 heavy (non-hydrogen) atoms. The first-order chi connectivity index (χ1) is 8.09. The van der Waals surface area contributed by atoms with E-state index in [2.05, 4.69) is 10.3 Å². The smallest absolute Gasteiger partial charge is 0.327 e. The quantitative estimate of drug-likeness (QED) is 0.774. The van der Waals surface area contributed by atoms with Crippen LogP contribution in [0.25, 0.3) is 0 Å². The Labute approximate surface area is 102 Å². The van der Waals surface area contributed by atoms with E-state index in [0.29, 0.717) is 24.5 Å². The molecular formula is C10H13N3O3S. The number of carbonyl (C=O) groups is 2. The van der Waals surface area contributed by atoms with Gasteiger partial charge in [-0.3, -0.25) is 4.79 Å². The largest absolute Gasteiger partial charge is 0.480 e. The Balaban J connectivity index is 2.19. The van der Waals surface area contributed by atoms with Gasteiger partial charge in [-0.25, -0.2) is 9.78 Å². The number of amides is 1. The van der Waals surface area contributed by atoms with Gasteiger partial charge in [-0.2, -0.15) is 0 Å². The number of carbonyl (C=O) groups excluding carboxylic acids is 1. The molecule has 1 aliphatic rings. The van der Waals surface area contributed by atoms with Crippen LogP contribution in [0.2, 0.25) is 0 Å². The second kappa shape index (κ2) is 4.80. The summed E-state index contributed by atoms with van der Waals surface area (Å²) in [4.78, 5) is 29.1. The Kier molecular flexibility index (Phi) is 3.39.